The van der Waals surface area contributed by atoms with Gasteiger partial charge in [-0.25, -0.2) is 9.18 Å². The Balaban J connectivity index is 2.73. The van der Waals surface area contributed by atoms with Crippen LogP contribution in [-0.2, 0) is 4.79 Å². The molecule has 0 saturated heterocycles. The molecule has 1 aromatic carbocycles. The third-order valence-corrected chi connectivity index (χ3v) is 2.69. The number of aliphatic carboxylic acids is 1. The Morgan fingerprint density at radius 3 is 2.76 bits per heavy atom. The number of carbonyl (C=O) groups is 2. The molecule has 0 aliphatic carbocycles. The van der Waals surface area contributed by atoms with Crippen LogP contribution in [0.4, 0.5) is 4.39 Å². The van der Waals surface area contributed by atoms with E-state index in [0.29, 0.717) is 0 Å². The lowest BCUT2D eigenvalue weighted by Gasteiger charge is -2.13. The van der Waals surface area contributed by atoms with Crippen LogP contribution >= 0.6 is 11.8 Å². The molecule has 0 bridgehead atoms. The average Bonchev–Trinajstić information content (AvgIpc) is 2.28. The van der Waals surface area contributed by atoms with Gasteiger partial charge in [0.1, 0.15) is 11.9 Å². The normalized spacial score (nSPS) is 11.9. The molecule has 1 rings (SSSR count). The minimum atomic E-state index is -1.11. The zero-order valence-corrected chi connectivity index (χ0v) is 9.96. The number of halogens is 1. The summed E-state index contributed by atoms with van der Waals surface area (Å²) >= 11 is 1.31. The predicted molar refractivity (Wildman–Crippen MR) is 63.7 cm³/mol. The number of rotatable bonds is 5. The molecule has 17 heavy (non-hydrogen) atoms. The molecule has 4 nitrogen and oxygen atoms in total. The van der Waals surface area contributed by atoms with Crippen molar-refractivity contribution in [2.75, 3.05) is 12.0 Å². The third kappa shape index (κ3) is 4.07. The van der Waals surface area contributed by atoms with Crippen LogP contribution in [0.25, 0.3) is 0 Å². The first kappa shape index (κ1) is 13.5. The largest absolute Gasteiger partial charge is 0.480 e. The first-order chi connectivity index (χ1) is 8.04. The maximum atomic E-state index is 12.9. The van der Waals surface area contributed by atoms with Crippen molar-refractivity contribution in [2.24, 2.45) is 0 Å². The van der Waals surface area contributed by atoms with E-state index in [1.165, 1.54) is 30.0 Å². The Hall–Kier alpha value is -1.56. The SMILES string of the molecule is CSCC(NC(=O)c1cccc(F)c1)C(=O)O. The number of hydrogen-bond acceptors (Lipinski definition) is 3. The Kier molecular flexibility index (Phi) is 4.96. The van der Waals surface area contributed by atoms with Gasteiger partial charge in [-0.3, -0.25) is 4.79 Å². The van der Waals surface area contributed by atoms with Gasteiger partial charge >= 0.3 is 5.97 Å². The fraction of sp³-hybridized carbons (Fsp3) is 0.273. The van der Waals surface area contributed by atoms with Crippen molar-refractivity contribution >= 4 is 23.6 Å². The van der Waals surface area contributed by atoms with Gasteiger partial charge in [0, 0.05) is 11.3 Å². The summed E-state index contributed by atoms with van der Waals surface area (Å²) in [6.07, 6.45) is 1.74. The van der Waals surface area contributed by atoms with E-state index in [9.17, 15) is 14.0 Å². The van der Waals surface area contributed by atoms with Gasteiger partial charge in [0.05, 0.1) is 0 Å². The number of carboxylic acid groups (broad SMARTS) is 1. The van der Waals surface area contributed by atoms with Gasteiger partial charge in [-0.2, -0.15) is 11.8 Å². The van der Waals surface area contributed by atoms with Crippen LogP contribution in [0, 0.1) is 5.82 Å². The van der Waals surface area contributed by atoms with E-state index in [4.69, 9.17) is 5.11 Å². The minimum Gasteiger partial charge on any atom is -0.480 e. The highest BCUT2D eigenvalue weighted by molar-refractivity contribution is 7.98. The van der Waals surface area contributed by atoms with E-state index in [0.717, 1.165) is 6.07 Å². The van der Waals surface area contributed by atoms with Crippen molar-refractivity contribution in [3.63, 3.8) is 0 Å². The maximum Gasteiger partial charge on any atom is 0.327 e. The fourth-order valence-corrected chi connectivity index (χ4v) is 1.77. The fourth-order valence-electron chi connectivity index (χ4n) is 1.21. The Morgan fingerprint density at radius 1 is 1.53 bits per heavy atom. The van der Waals surface area contributed by atoms with Gasteiger partial charge < -0.3 is 10.4 Å². The van der Waals surface area contributed by atoms with Gasteiger partial charge in [-0.1, -0.05) is 6.07 Å². The third-order valence-electron chi connectivity index (χ3n) is 2.02. The predicted octanol–water partition coefficient (Wildman–Crippen LogP) is 1.37. The highest BCUT2D eigenvalue weighted by Gasteiger charge is 2.19. The van der Waals surface area contributed by atoms with Crippen molar-refractivity contribution < 1.29 is 19.1 Å². The second-order valence-corrected chi connectivity index (χ2v) is 4.24. The molecule has 1 amide bonds. The van der Waals surface area contributed by atoms with Gasteiger partial charge in [0.15, 0.2) is 0 Å². The molecule has 2 N–H and O–H groups in total. The van der Waals surface area contributed by atoms with Crippen LogP contribution in [0.5, 0.6) is 0 Å². The first-order valence-electron chi connectivity index (χ1n) is 4.82. The summed E-state index contributed by atoms with van der Waals surface area (Å²) < 4.78 is 12.9. The molecule has 92 valence electrons. The molecule has 0 aliphatic heterocycles. The summed E-state index contributed by atoms with van der Waals surface area (Å²) in [5.74, 6) is -1.97. The zero-order valence-electron chi connectivity index (χ0n) is 9.14. The van der Waals surface area contributed by atoms with Crippen molar-refractivity contribution in [1.29, 1.82) is 0 Å². The molecule has 0 aliphatic rings. The molecule has 0 saturated carbocycles. The highest BCUT2D eigenvalue weighted by atomic mass is 32.2. The lowest BCUT2D eigenvalue weighted by Crippen LogP contribution is -2.42. The molecule has 6 heteroatoms. The number of hydrogen-bond donors (Lipinski definition) is 2. The lowest BCUT2D eigenvalue weighted by molar-refractivity contribution is -0.138. The molecule has 1 unspecified atom stereocenters. The smallest absolute Gasteiger partial charge is 0.327 e. The van der Waals surface area contributed by atoms with E-state index in [-0.39, 0.29) is 11.3 Å². The van der Waals surface area contributed by atoms with Crippen LogP contribution in [0.1, 0.15) is 10.4 Å². The van der Waals surface area contributed by atoms with Crippen LogP contribution in [-0.4, -0.2) is 35.0 Å². The van der Waals surface area contributed by atoms with E-state index in [2.05, 4.69) is 5.32 Å². The number of thioether (sulfide) groups is 1. The molecular weight excluding hydrogens is 245 g/mol. The first-order valence-corrected chi connectivity index (χ1v) is 6.22. The van der Waals surface area contributed by atoms with Gasteiger partial charge in [0.25, 0.3) is 5.91 Å². The van der Waals surface area contributed by atoms with Gasteiger partial charge in [0.2, 0.25) is 0 Å². The van der Waals surface area contributed by atoms with Gasteiger partial charge in [-0.15, -0.1) is 0 Å². The minimum absolute atomic E-state index is 0.109. The quantitative estimate of drug-likeness (QED) is 0.836. The molecule has 0 aromatic heterocycles. The average molecular weight is 257 g/mol. The van der Waals surface area contributed by atoms with Crippen molar-refractivity contribution in [3.05, 3.63) is 35.6 Å². The number of nitrogens with one attached hydrogen (secondary N) is 1. The van der Waals surface area contributed by atoms with E-state index >= 15 is 0 Å². The number of carboxylic acids is 1. The molecular formula is C11H12FNO3S. The van der Waals surface area contributed by atoms with Crippen LogP contribution in [0.15, 0.2) is 24.3 Å². The van der Waals surface area contributed by atoms with Crippen molar-refractivity contribution in [1.82, 2.24) is 5.32 Å². The second kappa shape index (κ2) is 6.24. The maximum absolute atomic E-state index is 12.9. The summed E-state index contributed by atoms with van der Waals surface area (Å²) in [4.78, 5) is 22.5. The molecule has 1 atom stereocenters. The van der Waals surface area contributed by atoms with Crippen LogP contribution < -0.4 is 5.32 Å². The summed E-state index contributed by atoms with van der Waals surface area (Å²) in [6, 6.07) is 4.13. The van der Waals surface area contributed by atoms with Crippen LogP contribution in [0.3, 0.4) is 0 Å². The van der Waals surface area contributed by atoms with Gasteiger partial charge in [-0.05, 0) is 24.5 Å². The summed E-state index contributed by atoms with van der Waals surface area (Å²) in [6.45, 7) is 0. The zero-order chi connectivity index (χ0) is 12.8. The second-order valence-electron chi connectivity index (χ2n) is 3.33. The van der Waals surface area contributed by atoms with E-state index in [1.807, 2.05) is 0 Å². The lowest BCUT2D eigenvalue weighted by atomic mass is 10.2. The summed E-state index contributed by atoms with van der Waals surface area (Å²) in [5.41, 5.74) is 0.109. The number of amides is 1. The highest BCUT2D eigenvalue weighted by Crippen LogP contribution is 2.05. The molecule has 0 spiro atoms. The summed E-state index contributed by atoms with van der Waals surface area (Å²) in [7, 11) is 0. The molecule has 0 fully saturated rings. The van der Waals surface area contributed by atoms with E-state index in [1.54, 1.807) is 6.26 Å². The molecule has 0 radical (unpaired) electrons. The molecule has 1 aromatic rings. The Bertz CT molecular complexity index is 425. The van der Waals surface area contributed by atoms with Crippen molar-refractivity contribution in [3.8, 4) is 0 Å². The number of benzene rings is 1. The summed E-state index contributed by atoms with van der Waals surface area (Å²) in [5, 5.41) is 11.2. The van der Waals surface area contributed by atoms with Crippen LogP contribution in [0.2, 0.25) is 0 Å². The topological polar surface area (TPSA) is 66.4 Å². The van der Waals surface area contributed by atoms with E-state index < -0.39 is 23.7 Å². The Labute approximate surface area is 102 Å². The monoisotopic (exact) mass is 257 g/mol. The van der Waals surface area contributed by atoms with Crippen molar-refractivity contribution in [2.45, 2.75) is 6.04 Å². The standard InChI is InChI=1S/C11H12FNO3S/c1-17-6-9(11(15)16)13-10(14)7-3-2-4-8(12)5-7/h2-5,9H,6H2,1H3,(H,13,14)(H,15,16). The Morgan fingerprint density at radius 2 is 2.24 bits per heavy atom. The number of carbonyl (C=O) groups excluding carboxylic acids is 1. The molecule has 0 heterocycles.